The van der Waals surface area contributed by atoms with E-state index < -0.39 is 23.9 Å². The fourth-order valence-corrected chi connectivity index (χ4v) is 5.05. The molecule has 0 aliphatic carbocycles. The Labute approximate surface area is 279 Å². The lowest BCUT2D eigenvalue weighted by Gasteiger charge is -2.20. The van der Waals surface area contributed by atoms with Gasteiger partial charge in [-0.3, -0.25) is 9.59 Å². The zero-order valence-electron chi connectivity index (χ0n) is 22.4. The van der Waals surface area contributed by atoms with Crippen LogP contribution in [-0.4, -0.2) is 43.1 Å². The van der Waals surface area contributed by atoms with E-state index in [1.807, 2.05) is 0 Å². The first-order valence-corrected chi connectivity index (χ1v) is 15.3. The van der Waals surface area contributed by atoms with E-state index >= 15 is 0 Å². The van der Waals surface area contributed by atoms with Gasteiger partial charge in [0.05, 0.1) is 11.4 Å². The van der Waals surface area contributed by atoms with Crippen molar-refractivity contribution in [3.05, 3.63) is 93.9 Å². The van der Waals surface area contributed by atoms with Gasteiger partial charge >= 0.3 is 12.1 Å². The Morgan fingerprint density at radius 3 is 1.53 bits per heavy atom. The van der Waals surface area contributed by atoms with Gasteiger partial charge in [-0.05, 0) is 89.8 Å². The van der Waals surface area contributed by atoms with Gasteiger partial charge < -0.3 is 21.3 Å². The Kier molecular flexibility index (Phi) is 10.1. The Bertz CT molecular complexity index is 1830. The summed E-state index contributed by atoms with van der Waals surface area (Å²) in [6, 6.07) is 16.0. The third kappa shape index (κ3) is 8.25. The number of benzene rings is 3. The number of hydrogen-bond donors (Lipinski definition) is 6. The molecule has 4 N–H and O–H groups in total. The molecule has 0 aliphatic rings. The van der Waals surface area contributed by atoms with E-state index in [-0.39, 0.29) is 27.8 Å². The fourth-order valence-electron chi connectivity index (χ4n) is 3.60. The zero-order valence-corrected chi connectivity index (χ0v) is 26.6. The van der Waals surface area contributed by atoms with Crippen molar-refractivity contribution in [1.29, 1.82) is 0 Å². The molecule has 228 valence electrons. The molecule has 0 atom stereocenters. The molecule has 0 fully saturated rings. The Balaban J connectivity index is 1.18. The van der Waals surface area contributed by atoms with Crippen LogP contribution in [0.5, 0.6) is 0 Å². The van der Waals surface area contributed by atoms with Crippen LogP contribution in [0.3, 0.4) is 0 Å². The van der Waals surface area contributed by atoms with Crippen LogP contribution in [0.25, 0.3) is 0 Å². The summed E-state index contributed by atoms with van der Waals surface area (Å²) < 4.78 is 9.39. The number of halogens is 1. The second-order valence-electron chi connectivity index (χ2n) is 8.79. The van der Waals surface area contributed by atoms with Crippen LogP contribution in [0, 0.1) is 0 Å². The molecular weight excluding hydrogens is 680 g/mol. The molecule has 2 heterocycles. The quantitative estimate of drug-likeness (QED) is 0.102. The number of thiol groups is 2. The standard InChI is InChI=1S/C26H19ClN10O4S4/c27-14-9-18(31-26(41)36(42)19-7-5-16(6-8-19)29-24(39)22-13-45-35-33-22)11-20(10-14)37(43)25(40)30-17-3-1-15(2-4-17)28-23(38)21-12-44-34-32-21/h1-13,42-43H,(H,28,38)(H,29,39)(H,30,40)(H,31,41). The third-order valence-corrected chi connectivity index (χ3v) is 7.76. The molecular formula is C26H19ClN10O4S4. The second-order valence-corrected chi connectivity index (χ2v) is 11.3. The van der Waals surface area contributed by atoms with E-state index in [1.165, 1.54) is 29.0 Å². The summed E-state index contributed by atoms with van der Waals surface area (Å²) in [6.45, 7) is 0. The maximum Gasteiger partial charge on any atom is 0.336 e. The molecule has 5 rings (SSSR count). The van der Waals surface area contributed by atoms with Gasteiger partial charge in [0.2, 0.25) is 0 Å². The van der Waals surface area contributed by atoms with Gasteiger partial charge in [-0.25, -0.2) is 18.2 Å². The van der Waals surface area contributed by atoms with E-state index in [0.29, 0.717) is 22.7 Å². The first kappa shape index (κ1) is 31.7. The zero-order chi connectivity index (χ0) is 31.9. The molecule has 0 saturated carbocycles. The lowest BCUT2D eigenvalue weighted by Crippen LogP contribution is -2.28. The summed E-state index contributed by atoms with van der Waals surface area (Å²) >= 11 is 17.0. The van der Waals surface area contributed by atoms with Gasteiger partial charge in [0.1, 0.15) is 0 Å². The average molecular weight is 699 g/mol. The number of nitrogens with one attached hydrogen (secondary N) is 4. The van der Waals surface area contributed by atoms with Gasteiger partial charge in [0, 0.05) is 38.5 Å². The molecule has 5 aromatic rings. The lowest BCUT2D eigenvalue weighted by molar-refractivity contribution is 0.101. The molecule has 14 nitrogen and oxygen atoms in total. The summed E-state index contributed by atoms with van der Waals surface area (Å²) in [5, 5.41) is 21.4. The molecule has 2 aromatic heterocycles. The van der Waals surface area contributed by atoms with E-state index in [2.05, 4.69) is 66.1 Å². The normalized spacial score (nSPS) is 10.5. The van der Waals surface area contributed by atoms with E-state index in [4.69, 9.17) is 11.6 Å². The number of urea groups is 2. The highest BCUT2D eigenvalue weighted by Crippen LogP contribution is 2.29. The number of anilines is 6. The van der Waals surface area contributed by atoms with Crippen molar-refractivity contribution in [2.45, 2.75) is 0 Å². The lowest BCUT2D eigenvalue weighted by atomic mass is 10.2. The summed E-state index contributed by atoms with van der Waals surface area (Å²) in [5.74, 6) is -0.818. The van der Waals surface area contributed by atoms with E-state index in [0.717, 1.165) is 31.7 Å². The van der Waals surface area contributed by atoms with Crippen molar-refractivity contribution >= 4 is 118 Å². The highest BCUT2D eigenvalue weighted by molar-refractivity contribution is 7.83. The van der Waals surface area contributed by atoms with Crippen LogP contribution in [0.2, 0.25) is 5.02 Å². The Morgan fingerprint density at radius 1 is 0.600 bits per heavy atom. The molecule has 3 aromatic carbocycles. The van der Waals surface area contributed by atoms with Crippen LogP contribution < -0.4 is 29.9 Å². The SMILES string of the molecule is O=C(Nc1ccc(NC(=O)N(S)c2cc(Cl)cc(NC(=O)N(S)c3ccc(NC(=O)c4csnn4)cc3)c2)cc1)c1csnn1. The molecule has 6 amide bonds. The van der Waals surface area contributed by atoms with Crippen LogP contribution in [0.1, 0.15) is 21.0 Å². The molecule has 0 spiro atoms. The van der Waals surface area contributed by atoms with Crippen LogP contribution in [0.15, 0.2) is 77.5 Å². The number of hydrogen-bond acceptors (Lipinski definition) is 12. The van der Waals surface area contributed by atoms with Gasteiger partial charge in [0.25, 0.3) is 11.8 Å². The number of carbonyl (C=O) groups is 4. The minimum atomic E-state index is -0.620. The van der Waals surface area contributed by atoms with Crippen molar-refractivity contribution in [3.63, 3.8) is 0 Å². The molecule has 0 aliphatic heterocycles. The second kappa shape index (κ2) is 14.4. The van der Waals surface area contributed by atoms with Crippen LogP contribution in [-0.2, 0) is 0 Å². The first-order valence-electron chi connectivity index (χ1n) is 12.4. The van der Waals surface area contributed by atoms with Crippen molar-refractivity contribution in [1.82, 2.24) is 19.2 Å². The van der Waals surface area contributed by atoms with E-state index in [9.17, 15) is 19.2 Å². The molecule has 0 bridgehead atoms. The van der Waals surface area contributed by atoms with Gasteiger partial charge in [0.15, 0.2) is 11.4 Å². The summed E-state index contributed by atoms with van der Waals surface area (Å²) in [7, 11) is 0. The molecule has 45 heavy (non-hydrogen) atoms. The number of carbonyl (C=O) groups excluding carboxylic acids is 4. The largest absolute Gasteiger partial charge is 0.336 e. The van der Waals surface area contributed by atoms with Crippen LogP contribution in [0.4, 0.5) is 43.7 Å². The Hall–Kier alpha value is -4.75. The van der Waals surface area contributed by atoms with Crippen LogP contribution >= 0.6 is 60.3 Å². The maximum atomic E-state index is 12.9. The highest BCUT2D eigenvalue weighted by atomic mass is 35.5. The predicted octanol–water partition coefficient (Wildman–Crippen LogP) is 6.31. The maximum absolute atomic E-state index is 12.9. The molecule has 0 unspecified atom stereocenters. The smallest absolute Gasteiger partial charge is 0.321 e. The fraction of sp³-hybridized carbons (Fsp3) is 0. The van der Waals surface area contributed by atoms with Gasteiger partial charge in [-0.15, -0.1) is 10.2 Å². The summed E-state index contributed by atoms with van der Waals surface area (Å²) in [6.07, 6.45) is 0. The van der Waals surface area contributed by atoms with Crippen molar-refractivity contribution in [2.75, 3.05) is 29.9 Å². The van der Waals surface area contributed by atoms with Crippen molar-refractivity contribution in [2.24, 2.45) is 0 Å². The average Bonchev–Trinajstić information content (AvgIpc) is 3.77. The first-order chi connectivity index (χ1) is 21.7. The van der Waals surface area contributed by atoms with Crippen molar-refractivity contribution < 1.29 is 19.2 Å². The predicted molar refractivity (Wildman–Crippen MR) is 181 cm³/mol. The van der Waals surface area contributed by atoms with Gasteiger partial charge in [-0.1, -0.05) is 46.2 Å². The van der Waals surface area contributed by atoms with E-state index in [1.54, 1.807) is 48.5 Å². The highest BCUT2D eigenvalue weighted by Gasteiger charge is 2.18. The van der Waals surface area contributed by atoms with Crippen molar-refractivity contribution in [3.8, 4) is 0 Å². The topological polar surface area (TPSA) is 174 Å². The number of rotatable bonds is 8. The third-order valence-electron chi connectivity index (χ3n) is 5.71. The Morgan fingerprint density at radius 2 is 1.04 bits per heavy atom. The number of amides is 6. The molecule has 0 saturated heterocycles. The molecule has 0 radical (unpaired) electrons. The number of aromatic nitrogens is 4. The minimum Gasteiger partial charge on any atom is -0.321 e. The monoisotopic (exact) mass is 698 g/mol. The summed E-state index contributed by atoms with van der Waals surface area (Å²) in [5.41, 5.74) is 2.74. The molecule has 19 heteroatoms. The minimum absolute atomic E-state index is 0.194. The number of nitrogens with zero attached hydrogens (tertiary/aromatic N) is 6. The summed E-state index contributed by atoms with van der Waals surface area (Å²) in [4.78, 5) is 50.1. The van der Waals surface area contributed by atoms with Gasteiger partial charge in [-0.2, -0.15) is 0 Å².